The van der Waals surface area contributed by atoms with E-state index < -0.39 is 54.5 Å². The van der Waals surface area contributed by atoms with Crippen molar-refractivity contribution < 1.29 is 34.8 Å². The van der Waals surface area contributed by atoms with Gasteiger partial charge in [0.05, 0.1) is 12.6 Å². The summed E-state index contributed by atoms with van der Waals surface area (Å²) in [7, 11) is 0. The summed E-state index contributed by atoms with van der Waals surface area (Å²) in [6, 6.07) is 4.13. The van der Waals surface area contributed by atoms with Crippen LogP contribution in [-0.4, -0.2) is 68.2 Å². The number of rotatable bonds is 6. The van der Waals surface area contributed by atoms with E-state index in [2.05, 4.69) is 10.3 Å². The Morgan fingerprint density at radius 3 is 2.60 bits per heavy atom. The van der Waals surface area contributed by atoms with E-state index in [1.807, 2.05) is 0 Å². The van der Waals surface area contributed by atoms with E-state index in [0.29, 0.717) is 5.69 Å². The van der Waals surface area contributed by atoms with E-state index in [1.54, 1.807) is 18.2 Å². The highest BCUT2D eigenvalue weighted by Gasteiger charge is 2.44. The van der Waals surface area contributed by atoms with Crippen molar-refractivity contribution in [3.63, 3.8) is 0 Å². The van der Waals surface area contributed by atoms with Gasteiger partial charge >= 0.3 is 5.97 Å². The predicted molar refractivity (Wildman–Crippen MR) is 84.3 cm³/mol. The number of nitrogens with zero attached hydrogens (tertiary/aromatic N) is 1. The summed E-state index contributed by atoms with van der Waals surface area (Å²) in [6.07, 6.45) is -1.69. The van der Waals surface area contributed by atoms with Crippen LogP contribution in [-0.2, 0) is 14.3 Å². The Kier molecular flexibility index (Phi) is 6.07. The fraction of sp³-hybridized carbons (Fsp3) is 0.438. The third-order valence-corrected chi connectivity index (χ3v) is 3.86. The van der Waals surface area contributed by atoms with Crippen molar-refractivity contribution in [1.29, 1.82) is 0 Å². The number of carbonyl (C=O) groups is 2. The Hall–Kier alpha value is -2.49. The Morgan fingerprint density at radius 2 is 2.08 bits per heavy atom. The molecule has 25 heavy (non-hydrogen) atoms. The number of ether oxygens (including phenoxy) is 1. The van der Waals surface area contributed by atoms with Gasteiger partial charge in [0.1, 0.15) is 18.3 Å². The summed E-state index contributed by atoms with van der Waals surface area (Å²) < 4.78 is 5.30. The number of aliphatic carboxylic acids is 1. The van der Waals surface area contributed by atoms with E-state index in [9.17, 15) is 24.9 Å². The second kappa shape index (κ2) is 8.06. The number of aliphatic hydroxyl groups excluding tert-OH is 3. The summed E-state index contributed by atoms with van der Waals surface area (Å²) in [6.45, 7) is 0.506. The van der Waals surface area contributed by atoms with Crippen molar-refractivity contribution in [2.45, 2.75) is 37.2 Å². The third-order valence-electron chi connectivity index (χ3n) is 3.86. The Bertz CT molecular complexity index is 649. The first kappa shape index (κ1) is 18.8. The van der Waals surface area contributed by atoms with Gasteiger partial charge in [-0.2, -0.15) is 0 Å². The van der Waals surface area contributed by atoms with E-state index in [1.165, 1.54) is 19.2 Å². The van der Waals surface area contributed by atoms with Crippen LogP contribution in [0.1, 0.15) is 18.5 Å². The van der Waals surface area contributed by atoms with Crippen LogP contribution < -0.4 is 5.32 Å². The van der Waals surface area contributed by atoms with Crippen molar-refractivity contribution in [3.05, 3.63) is 41.9 Å². The van der Waals surface area contributed by atoms with E-state index in [0.717, 1.165) is 0 Å². The van der Waals surface area contributed by atoms with Gasteiger partial charge in [0.15, 0.2) is 0 Å². The zero-order valence-electron chi connectivity index (χ0n) is 13.4. The summed E-state index contributed by atoms with van der Waals surface area (Å²) in [4.78, 5) is 27.1. The summed E-state index contributed by atoms with van der Waals surface area (Å²) in [5.74, 6) is -2.95. The fourth-order valence-corrected chi connectivity index (χ4v) is 2.71. The van der Waals surface area contributed by atoms with Gasteiger partial charge in [-0.3, -0.25) is 9.78 Å². The number of hydrogen-bond donors (Lipinski definition) is 5. The summed E-state index contributed by atoms with van der Waals surface area (Å²) in [5.41, 5.74) is 0.457. The minimum Gasteiger partial charge on any atom is -0.478 e. The van der Waals surface area contributed by atoms with Crippen molar-refractivity contribution in [3.8, 4) is 0 Å². The average molecular weight is 352 g/mol. The SMILES string of the molecule is CC(=O)N[C@@H]1C(c2ccccn2)C=C(C(=O)O)OC1[C@H](O)[C@H](O)CO. The van der Waals surface area contributed by atoms with Crippen molar-refractivity contribution in [2.75, 3.05) is 6.61 Å². The molecule has 9 heteroatoms. The summed E-state index contributed by atoms with van der Waals surface area (Å²) in [5, 5.41) is 40.9. The molecule has 0 fully saturated rings. The molecular weight excluding hydrogens is 332 g/mol. The molecule has 0 aliphatic carbocycles. The molecule has 0 bridgehead atoms. The highest BCUT2D eigenvalue weighted by molar-refractivity contribution is 5.85. The predicted octanol–water partition coefficient (Wildman–Crippen LogP) is -1.25. The second-order valence-corrected chi connectivity index (χ2v) is 5.67. The topological polar surface area (TPSA) is 149 Å². The van der Waals surface area contributed by atoms with E-state index in [-0.39, 0.29) is 0 Å². The monoisotopic (exact) mass is 352 g/mol. The molecule has 9 nitrogen and oxygen atoms in total. The van der Waals surface area contributed by atoms with Gasteiger partial charge in [0.25, 0.3) is 0 Å². The number of aromatic nitrogens is 1. The molecule has 1 aliphatic heterocycles. The van der Waals surface area contributed by atoms with Crippen LogP contribution in [0.4, 0.5) is 0 Å². The average Bonchev–Trinajstić information content (AvgIpc) is 2.60. The summed E-state index contributed by atoms with van der Waals surface area (Å²) >= 11 is 0. The molecule has 1 aliphatic rings. The van der Waals surface area contributed by atoms with Gasteiger partial charge in [-0.05, 0) is 18.2 Å². The molecule has 2 heterocycles. The molecule has 5 N–H and O–H groups in total. The van der Waals surface area contributed by atoms with Crippen LogP contribution in [0.3, 0.4) is 0 Å². The quantitative estimate of drug-likeness (QED) is 0.426. The van der Waals surface area contributed by atoms with Crippen LogP contribution in [0.2, 0.25) is 0 Å². The molecular formula is C16H20N2O7. The first-order valence-electron chi connectivity index (χ1n) is 7.62. The van der Waals surface area contributed by atoms with Crippen molar-refractivity contribution in [1.82, 2.24) is 10.3 Å². The highest BCUT2D eigenvalue weighted by atomic mass is 16.5. The van der Waals surface area contributed by atoms with Crippen LogP contribution in [0.25, 0.3) is 0 Å². The fourth-order valence-electron chi connectivity index (χ4n) is 2.71. The zero-order valence-corrected chi connectivity index (χ0v) is 13.4. The largest absolute Gasteiger partial charge is 0.478 e. The van der Waals surface area contributed by atoms with Gasteiger partial charge in [0.2, 0.25) is 11.7 Å². The molecule has 2 unspecified atom stereocenters. The lowest BCUT2D eigenvalue weighted by Crippen LogP contribution is -2.57. The molecule has 0 saturated heterocycles. The number of carboxylic acid groups (broad SMARTS) is 1. The normalized spacial score (nSPS) is 25.3. The van der Waals surface area contributed by atoms with Gasteiger partial charge < -0.3 is 30.5 Å². The number of pyridine rings is 1. The molecule has 0 radical (unpaired) electrons. The number of hydrogen-bond acceptors (Lipinski definition) is 7. The maximum Gasteiger partial charge on any atom is 0.370 e. The lowest BCUT2D eigenvalue weighted by molar-refractivity contribution is -0.146. The molecule has 1 amide bonds. The Morgan fingerprint density at radius 1 is 1.36 bits per heavy atom. The first-order chi connectivity index (χ1) is 11.8. The Labute approximate surface area is 143 Å². The maximum atomic E-state index is 11.6. The van der Waals surface area contributed by atoms with Crippen LogP contribution in [0.5, 0.6) is 0 Å². The number of carbonyl (C=O) groups excluding carboxylic acids is 1. The highest BCUT2D eigenvalue weighted by Crippen LogP contribution is 2.32. The molecule has 5 atom stereocenters. The van der Waals surface area contributed by atoms with Gasteiger partial charge in [-0.25, -0.2) is 4.79 Å². The third kappa shape index (κ3) is 4.32. The molecule has 0 aromatic carbocycles. The molecule has 0 saturated carbocycles. The lowest BCUT2D eigenvalue weighted by atomic mass is 9.85. The standard InChI is InChI=1S/C16H20N2O7/c1-8(20)18-13-9(10-4-2-3-5-17-10)6-12(16(23)24)25-15(13)14(22)11(21)7-19/h2-6,9,11,13-15,19,21-22H,7H2,1H3,(H,18,20)(H,23,24)/t9?,11-,13-,14-,15?/m1/s1. The minimum atomic E-state index is -1.63. The molecule has 1 aromatic heterocycles. The molecule has 0 spiro atoms. The number of amides is 1. The van der Waals surface area contributed by atoms with Crippen LogP contribution in [0, 0.1) is 0 Å². The number of carboxylic acids is 1. The molecule has 136 valence electrons. The van der Waals surface area contributed by atoms with Crippen molar-refractivity contribution in [2.24, 2.45) is 0 Å². The zero-order chi connectivity index (χ0) is 18.6. The van der Waals surface area contributed by atoms with Gasteiger partial charge in [0, 0.05) is 24.7 Å². The molecule has 1 aromatic rings. The van der Waals surface area contributed by atoms with E-state index in [4.69, 9.17) is 9.84 Å². The first-order valence-corrected chi connectivity index (χ1v) is 7.62. The second-order valence-electron chi connectivity index (χ2n) is 5.67. The maximum absolute atomic E-state index is 11.6. The van der Waals surface area contributed by atoms with E-state index >= 15 is 0 Å². The number of nitrogens with one attached hydrogen (secondary N) is 1. The van der Waals surface area contributed by atoms with Gasteiger partial charge in [-0.1, -0.05) is 6.07 Å². The molecule has 2 rings (SSSR count). The number of aliphatic hydroxyl groups is 3. The van der Waals surface area contributed by atoms with Crippen LogP contribution in [0.15, 0.2) is 36.2 Å². The Balaban J connectivity index is 2.49. The van der Waals surface area contributed by atoms with Gasteiger partial charge in [-0.15, -0.1) is 0 Å². The minimum absolute atomic E-state index is 0.433. The van der Waals surface area contributed by atoms with Crippen molar-refractivity contribution >= 4 is 11.9 Å². The smallest absolute Gasteiger partial charge is 0.370 e. The lowest BCUT2D eigenvalue weighted by Gasteiger charge is -2.39. The van der Waals surface area contributed by atoms with Crippen LogP contribution >= 0.6 is 0 Å².